The van der Waals surface area contributed by atoms with E-state index >= 15 is 0 Å². The summed E-state index contributed by atoms with van der Waals surface area (Å²) in [6.07, 6.45) is 0. The van der Waals surface area contributed by atoms with Crippen LogP contribution in [0.1, 0.15) is 11.0 Å². The van der Waals surface area contributed by atoms with Crippen LogP contribution < -0.4 is 0 Å². The zero-order valence-electron chi connectivity index (χ0n) is 36.3. The molecule has 11 aromatic rings. The molecule has 53 heavy (non-hydrogen) atoms. The van der Waals surface area contributed by atoms with Crippen molar-refractivity contribution in [3.63, 3.8) is 0 Å². The second kappa shape index (κ2) is 11.8. The predicted molar refractivity (Wildman–Crippen MR) is 225 cm³/mol. The number of hydrogen-bond donors (Lipinski definition) is 0. The molecule has 0 saturated heterocycles. The maximum atomic E-state index is 9.41. The van der Waals surface area contributed by atoms with Gasteiger partial charge in [0.25, 0.3) is 0 Å². The summed E-state index contributed by atoms with van der Waals surface area (Å²) in [7, 11) is 0. The lowest BCUT2D eigenvalue weighted by Gasteiger charge is -2.18. The van der Waals surface area contributed by atoms with E-state index in [1.807, 2.05) is 103 Å². The summed E-state index contributed by atoms with van der Waals surface area (Å²) in [6, 6.07) is 44.7. The molecule has 0 amide bonds. The summed E-state index contributed by atoms with van der Waals surface area (Å²) in [5.41, 5.74) is 6.91. The summed E-state index contributed by atoms with van der Waals surface area (Å²) in [6.45, 7) is 0. The van der Waals surface area contributed by atoms with Gasteiger partial charge in [-0.3, -0.25) is 0 Å². The molecule has 10 aromatic carbocycles. The molecule has 0 N–H and O–H groups in total. The van der Waals surface area contributed by atoms with Crippen molar-refractivity contribution in [3.8, 4) is 44.5 Å². The minimum atomic E-state index is -0.433. The summed E-state index contributed by atoms with van der Waals surface area (Å²) in [4.78, 5) is 0. The van der Waals surface area contributed by atoms with E-state index in [2.05, 4.69) is 42.5 Å². The van der Waals surface area contributed by atoms with Crippen molar-refractivity contribution in [1.29, 1.82) is 0 Å². The lowest BCUT2D eigenvalue weighted by atomic mass is 9.85. The van der Waals surface area contributed by atoms with Crippen LogP contribution in [0.25, 0.3) is 110 Å². The van der Waals surface area contributed by atoms with E-state index in [1.165, 1.54) is 0 Å². The molecule has 0 atom stereocenters. The molecule has 11 rings (SSSR count). The van der Waals surface area contributed by atoms with E-state index in [-0.39, 0.29) is 45.7 Å². The quantitative estimate of drug-likeness (QED) is 0.169. The minimum absolute atomic E-state index is 0.178. The van der Waals surface area contributed by atoms with Crippen LogP contribution >= 0.6 is 0 Å². The van der Waals surface area contributed by atoms with Crippen molar-refractivity contribution in [1.82, 2.24) is 0 Å². The van der Waals surface area contributed by atoms with E-state index in [0.29, 0.717) is 22.3 Å². The van der Waals surface area contributed by atoms with Crippen LogP contribution in [0.4, 0.5) is 0 Å². The van der Waals surface area contributed by atoms with Crippen LogP contribution in [0, 0.1) is 0 Å². The van der Waals surface area contributed by atoms with Gasteiger partial charge in [0.2, 0.25) is 0 Å². The van der Waals surface area contributed by atoms with Crippen molar-refractivity contribution in [2.75, 3.05) is 0 Å². The van der Waals surface area contributed by atoms with E-state index in [4.69, 9.17) is 9.90 Å². The van der Waals surface area contributed by atoms with Gasteiger partial charge in [-0.1, -0.05) is 176 Å². The van der Waals surface area contributed by atoms with Gasteiger partial charge in [-0.25, -0.2) is 0 Å². The van der Waals surface area contributed by atoms with Crippen molar-refractivity contribution in [2.24, 2.45) is 0 Å². The minimum Gasteiger partial charge on any atom is -0.455 e. The highest BCUT2D eigenvalue weighted by atomic mass is 16.3. The Morgan fingerprint density at radius 3 is 1.58 bits per heavy atom. The molecule has 0 fully saturated rings. The first-order chi connectivity index (χ1) is 29.6. The van der Waals surface area contributed by atoms with E-state index in [1.54, 1.807) is 0 Å². The highest BCUT2D eigenvalue weighted by Gasteiger charge is 2.20. The Morgan fingerprint density at radius 1 is 0.340 bits per heavy atom. The van der Waals surface area contributed by atoms with Crippen LogP contribution in [0.3, 0.4) is 0 Å². The van der Waals surface area contributed by atoms with E-state index in [0.717, 1.165) is 65.7 Å². The van der Waals surface area contributed by atoms with Gasteiger partial charge < -0.3 is 4.42 Å². The maximum Gasteiger partial charge on any atom is 0.143 e. The second-order valence-corrected chi connectivity index (χ2v) is 13.4. The lowest BCUT2D eigenvalue weighted by Crippen LogP contribution is -1.91. The Bertz CT molecular complexity index is 3590. The molecule has 0 bridgehead atoms. The normalized spacial score (nSPS) is 13.9. The maximum absolute atomic E-state index is 9.41. The predicted octanol–water partition coefficient (Wildman–Crippen LogP) is 14.9. The molecule has 1 heteroatoms. The molecule has 0 aliphatic heterocycles. The zero-order chi connectivity index (χ0) is 41.8. The third-order valence-corrected chi connectivity index (χ3v) is 10.5. The first-order valence-corrected chi connectivity index (χ1v) is 17.6. The third kappa shape index (κ3) is 4.64. The molecule has 0 aliphatic carbocycles. The van der Waals surface area contributed by atoms with Crippen molar-refractivity contribution in [2.45, 2.75) is 0 Å². The fourth-order valence-corrected chi connectivity index (χ4v) is 8.07. The Labute approximate surface area is 318 Å². The summed E-state index contributed by atoms with van der Waals surface area (Å²) in [5.74, 6) is 0. The molecular weight excluding hydrogens is 641 g/mol. The smallest absolute Gasteiger partial charge is 0.143 e. The van der Waals surface area contributed by atoms with Gasteiger partial charge in [-0.05, 0) is 95.0 Å². The largest absolute Gasteiger partial charge is 0.455 e. The molecule has 0 saturated carbocycles. The highest BCUT2D eigenvalue weighted by molar-refractivity contribution is 6.25. The second-order valence-electron chi connectivity index (χ2n) is 13.4. The van der Waals surface area contributed by atoms with Gasteiger partial charge in [-0.15, -0.1) is 0 Å². The molecule has 0 spiro atoms. The molecule has 0 aliphatic rings. The molecule has 1 nitrogen and oxygen atoms in total. The number of furan rings is 1. The Balaban J connectivity index is 1.22. The van der Waals surface area contributed by atoms with E-state index < -0.39 is 24.2 Å². The number of benzene rings is 10. The summed E-state index contributed by atoms with van der Waals surface area (Å²) >= 11 is 0. The molecule has 246 valence electrons. The van der Waals surface area contributed by atoms with Crippen LogP contribution in [0.2, 0.25) is 0 Å². The number of hydrogen-bond acceptors (Lipinski definition) is 1. The van der Waals surface area contributed by atoms with Crippen molar-refractivity contribution >= 4 is 65.0 Å². The molecule has 0 radical (unpaired) electrons. The number of rotatable bonds is 4. The Hall–Kier alpha value is -6.96. The van der Waals surface area contributed by atoms with Crippen LogP contribution in [0.15, 0.2) is 198 Å². The standard InChI is InChI=1S/C52H32O/c1-2-13-33(14-3-1)37-17-12-18-39(31-37)49-44-23-10-8-21-42(44)48(43-22-9-11-24-45(43)49)36-27-25-35(26-28-36)47-32-38-16-5-7-20-41(38)52-50(47)46-30-29-34-15-4-6-19-40(34)51(46)53-52/h1-32H/i8D,9D,10D,11D,21D,22D,23D,24D. The Morgan fingerprint density at radius 2 is 0.887 bits per heavy atom. The lowest BCUT2D eigenvalue weighted by molar-refractivity contribution is 0.676. The first kappa shape index (κ1) is 22.8. The topological polar surface area (TPSA) is 13.1 Å². The Kier molecular flexibility index (Phi) is 5.07. The van der Waals surface area contributed by atoms with Crippen molar-refractivity contribution < 1.29 is 15.4 Å². The fraction of sp³-hybridized carbons (Fsp3) is 0. The van der Waals surface area contributed by atoms with Gasteiger partial charge >= 0.3 is 0 Å². The van der Waals surface area contributed by atoms with Gasteiger partial charge in [-0.2, -0.15) is 0 Å². The van der Waals surface area contributed by atoms with Gasteiger partial charge in [0.05, 0.1) is 11.0 Å². The van der Waals surface area contributed by atoms with E-state index in [9.17, 15) is 5.48 Å². The fourth-order valence-electron chi connectivity index (χ4n) is 8.07. The summed E-state index contributed by atoms with van der Waals surface area (Å²) < 4.78 is 79.8. The summed E-state index contributed by atoms with van der Waals surface area (Å²) in [5, 5.41) is 6.76. The molecular formula is C52H32O. The van der Waals surface area contributed by atoms with Crippen LogP contribution in [0.5, 0.6) is 0 Å². The van der Waals surface area contributed by atoms with Gasteiger partial charge in [0.1, 0.15) is 11.2 Å². The SMILES string of the molecule is [2H]c1c([2H])c([2H])c2c(-c3cccc(-c4ccccc4)c3)c3c([2H])c([2H])c([2H])c([2H])c3c(-c3ccc(-c4cc5ccccc5c5oc6c7ccccc7ccc6c45)cc3)c2c1[2H]. The monoisotopic (exact) mass is 680 g/mol. The zero-order valence-corrected chi connectivity index (χ0v) is 28.3. The van der Waals surface area contributed by atoms with Gasteiger partial charge in [0, 0.05) is 21.5 Å². The first-order valence-electron chi connectivity index (χ1n) is 21.6. The van der Waals surface area contributed by atoms with Crippen LogP contribution in [-0.4, -0.2) is 0 Å². The highest BCUT2D eigenvalue weighted by Crippen LogP contribution is 2.46. The van der Waals surface area contributed by atoms with Gasteiger partial charge in [0.15, 0.2) is 0 Å². The average Bonchev–Trinajstić information content (AvgIpc) is 3.71. The molecule has 1 aromatic heterocycles. The molecule has 0 unspecified atom stereocenters. The van der Waals surface area contributed by atoms with Crippen LogP contribution in [-0.2, 0) is 0 Å². The average molecular weight is 681 g/mol. The third-order valence-electron chi connectivity index (χ3n) is 10.5. The molecule has 1 heterocycles. The van der Waals surface area contributed by atoms with Crippen molar-refractivity contribution in [3.05, 3.63) is 194 Å². The number of fused-ring (bicyclic) bond motifs is 9.